The Bertz CT molecular complexity index is 1020. The maximum atomic E-state index is 13.5. The van der Waals surface area contributed by atoms with Gasteiger partial charge >= 0.3 is 6.03 Å². The monoisotopic (exact) mass is 449 g/mol. The number of hydrogen-bond donors (Lipinski definition) is 3. The topological polar surface area (TPSA) is 150 Å². The van der Waals surface area contributed by atoms with E-state index in [1.54, 1.807) is 27.7 Å². The van der Waals surface area contributed by atoms with E-state index in [0.717, 1.165) is 10.1 Å². The summed E-state index contributed by atoms with van der Waals surface area (Å²) < 4.78 is 25.9. The first kappa shape index (κ1) is 24.7. The van der Waals surface area contributed by atoms with Gasteiger partial charge in [0.2, 0.25) is 0 Å². The summed E-state index contributed by atoms with van der Waals surface area (Å²) >= 11 is 0. The molecular formula is C21H31N5O4S. The van der Waals surface area contributed by atoms with E-state index < -0.39 is 32.1 Å². The molecule has 10 heteroatoms. The van der Waals surface area contributed by atoms with Crippen molar-refractivity contribution in [1.82, 2.24) is 15.0 Å². The molecule has 0 spiro atoms. The number of rotatable bonds is 8. The van der Waals surface area contributed by atoms with Gasteiger partial charge in [-0.15, -0.1) is 0 Å². The number of Topliss-reactive ketones (excluding diaryl/α,β-unsaturated/α-hetero) is 1. The number of sulfone groups is 1. The zero-order valence-corrected chi connectivity index (χ0v) is 19.1. The molecule has 1 aromatic carbocycles. The summed E-state index contributed by atoms with van der Waals surface area (Å²) in [6, 6.07) is 8.66. The fourth-order valence-electron chi connectivity index (χ4n) is 3.21. The molecule has 0 aliphatic rings. The van der Waals surface area contributed by atoms with Crippen molar-refractivity contribution in [2.75, 3.05) is 5.75 Å². The number of aromatic nitrogens is 2. The van der Waals surface area contributed by atoms with Crippen molar-refractivity contribution in [1.29, 1.82) is 0 Å². The lowest BCUT2D eigenvalue weighted by Crippen LogP contribution is -2.52. The lowest BCUT2D eigenvalue weighted by atomic mass is 9.82. The summed E-state index contributed by atoms with van der Waals surface area (Å²) in [5.74, 6) is 3.61. The average molecular weight is 450 g/mol. The highest BCUT2D eigenvalue weighted by Gasteiger charge is 2.40. The molecule has 1 unspecified atom stereocenters. The summed E-state index contributed by atoms with van der Waals surface area (Å²) in [5, 5.41) is 0. The van der Waals surface area contributed by atoms with Gasteiger partial charge in [0, 0.05) is 18.5 Å². The summed E-state index contributed by atoms with van der Waals surface area (Å²) in [5.41, 5.74) is 8.24. The summed E-state index contributed by atoms with van der Waals surface area (Å²) in [6.07, 6.45) is 2.99. The molecule has 170 valence electrons. The van der Waals surface area contributed by atoms with Crippen LogP contribution in [0.5, 0.6) is 0 Å². The van der Waals surface area contributed by atoms with Crippen LogP contribution in [0.15, 0.2) is 42.9 Å². The minimum atomic E-state index is -3.57. The van der Waals surface area contributed by atoms with Gasteiger partial charge in [0.05, 0.1) is 21.7 Å². The summed E-state index contributed by atoms with van der Waals surface area (Å²) in [4.78, 5) is 29.2. The zero-order valence-electron chi connectivity index (χ0n) is 18.3. The Morgan fingerprint density at radius 3 is 2.32 bits per heavy atom. The quantitative estimate of drug-likeness (QED) is 0.311. The van der Waals surface area contributed by atoms with Crippen LogP contribution >= 0.6 is 0 Å². The van der Waals surface area contributed by atoms with Crippen LogP contribution in [0, 0.1) is 5.92 Å². The number of nitrogens with two attached hydrogens (primary N) is 2. The molecule has 0 aliphatic heterocycles. The molecule has 5 N–H and O–H groups in total. The van der Waals surface area contributed by atoms with Crippen LogP contribution < -0.4 is 17.0 Å². The van der Waals surface area contributed by atoms with Crippen molar-refractivity contribution in [2.45, 2.75) is 50.8 Å². The predicted molar refractivity (Wildman–Crippen MR) is 119 cm³/mol. The second kappa shape index (κ2) is 9.29. The Labute approximate surface area is 183 Å². The number of benzene rings is 1. The van der Waals surface area contributed by atoms with Gasteiger partial charge in [0.1, 0.15) is 6.33 Å². The maximum absolute atomic E-state index is 13.5. The van der Waals surface area contributed by atoms with Crippen LogP contribution in [-0.4, -0.2) is 45.8 Å². The molecule has 0 radical (unpaired) electrons. The Morgan fingerprint density at radius 1 is 1.16 bits per heavy atom. The fraction of sp³-hybridized carbons (Fsp3) is 0.476. The number of nitrogens with one attached hydrogen (secondary N) is 1. The number of hydrogen-bond acceptors (Lipinski definition) is 7. The van der Waals surface area contributed by atoms with Crippen molar-refractivity contribution < 1.29 is 18.0 Å². The third kappa shape index (κ3) is 6.22. The standard InChI is InChI=1S/C21H31N5O4S/c1-20(2,3)31(29,30)13-16(10-15-8-6-5-7-9-15)18(27)21(4,22)11-17-12-26(14-24-17)19(28)25-23/h5-9,12,14,16H,10-11,13,22-23H2,1-4H3,(H,25,28)/t16?,21-/m1/s1. The van der Waals surface area contributed by atoms with Gasteiger partial charge in [-0.3, -0.25) is 14.8 Å². The summed E-state index contributed by atoms with van der Waals surface area (Å²) in [7, 11) is -3.57. The van der Waals surface area contributed by atoms with Crippen LogP contribution in [0.4, 0.5) is 4.79 Å². The summed E-state index contributed by atoms with van der Waals surface area (Å²) in [6.45, 7) is 6.40. The van der Waals surface area contributed by atoms with Crippen LogP contribution in [0.2, 0.25) is 0 Å². The molecule has 2 rings (SSSR count). The van der Waals surface area contributed by atoms with Crippen molar-refractivity contribution >= 4 is 21.7 Å². The Balaban J connectivity index is 2.31. The second-order valence-corrected chi connectivity index (χ2v) is 11.7. The van der Waals surface area contributed by atoms with E-state index >= 15 is 0 Å². The molecule has 1 amide bonds. The van der Waals surface area contributed by atoms with Crippen LogP contribution in [0.1, 0.15) is 39.0 Å². The smallest absolute Gasteiger partial charge is 0.319 e. The first-order chi connectivity index (χ1) is 14.3. The highest BCUT2D eigenvalue weighted by molar-refractivity contribution is 7.92. The molecule has 2 aromatic rings. The number of carbonyl (C=O) groups is 2. The average Bonchev–Trinajstić information content (AvgIpc) is 3.13. The van der Waals surface area contributed by atoms with E-state index in [0.29, 0.717) is 5.69 Å². The Kier molecular flexibility index (Phi) is 7.40. The van der Waals surface area contributed by atoms with Gasteiger partial charge in [-0.05, 0) is 39.7 Å². The maximum Gasteiger partial charge on any atom is 0.340 e. The highest BCUT2D eigenvalue weighted by Crippen LogP contribution is 2.25. The molecular weight excluding hydrogens is 418 g/mol. The van der Waals surface area contributed by atoms with E-state index in [2.05, 4.69) is 4.98 Å². The van der Waals surface area contributed by atoms with E-state index in [9.17, 15) is 18.0 Å². The number of carbonyl (C=O) groups excluding carboxylic acids is 2. The van der Waals surface area contributed by atoms with Crippen LogP contribution in [0.3, 0.4) is 0 Å². The van der Waals surface area contributed by atoms with Gasteiger partial charge in [-0.2, -0.15) is 0 Å². The molecule has 0 aliphatic carbocycles. The second-order valence-electron chi connectivity index (χ2n) is 8.96. The lowest BCUT2D eigenvalue weighted by Gasteiger charge is -2.30. The lowest BCUT2D eigenvalue weighted by molar-refractivity contribution is -0.127. The largest absolute Gasteiger partial charge is 0.340 e. The van der Waals surface area contributed by atoms with Gasteiger partial charge < -0.3 is 5.73 Å². The molecule has 0 saturated heterocycles. The molecule has 1 aromatic heterocycles. The number of nitrogens with zero attached hydrogens (tertiary/aromatic N) is 2. The third-order valence-electron chi connectivity index (χ3n) is 5.15. The SMILES string of the molecule is CC(C)(C)S(=O)(=O)CC(Cc1ccccc1)C(=O)[C@](C)(N)Cc1cn(C(=O)NN)cn1. The normalized spacial score (nSPS) is 15.2. The fourth-order valence-corrected chi connectivity index (χ4v) is 4.51. The first-order valence-electron chi connectivity index (χ1n) is 9.90. The van der Waals surface area contributed by atoms with E-state index in [-0.39, 0.29) is 24.4 Å². The molecule has 31 heavy (non-hydrogen) atoms. The Morgan fingerprint density at radius 2 is 1.77 bits per heavy atom. The van der Waals surface area contributed by atoms with Crippen LogP contribution in [0.25, 0.3) is 0 Å². The van der Waals surface area contributed by atoms with E-state index in [1.807, 2.05) is 35.8 Å². The minimum absolute atomic E-state index is 0.0392. The number of nitrogen functional groups attached to an aromatic ring is 1. The first-order valence-corrected chi connectivity index (χ1v) is 11.6. The minimum Gasteiger partial charge on any atom is -0.319 e. The highest BCUT2D eigenvalue weighted by atomic mass is 32.2. The molecule has 0 fully saturated rings. The van der Waals surface area contributed by atoms with Gasteiger partial charge in [0.25, 0.3) is 0 Å². The van der Waals surface area contributed by atoms with Gasteiger partial charge in [-0.1, -0.05) is 30.3 Å². The van der Waals surface area contributed by atoms with Crippen molar-refractivity contribution in [3.63, 3.8) is 0 Å². The molecule has 0 saturated carbocycles. The van der Waals surface area contributed by atoms with Gasteiger partial charge in [0.15, 0.2) is 15.6 Å². The zero-order chi connectivity index (χ0) is 23.4. The van der Waals surface area contributed by atoms with E-state index in [1.165, 1.54) is 12.5 Å². The number of amides is 1. The Hall–Kier alpha value is -2.56. The van der Waals surface area contributed by atoms with Crippen molar-refractivity contribution in [3.05, 3.63) is 54.1 Å². The third-order valence-corrected chi connectivity index (χ3v) is 7.86. The van der Waals surface area contributed by atoms with Gasteiger partial charge in [-0.25, -0.2) is 24.0 Å². The predicted octanol–water partition coefficient (Wildman–Crippen LogP) is 1.22. The van der Waals surface area contributed by atoms with E-state index in [4.69, 9.17) is 11.6 Å². The van der Waals surface area contributed by atoms with Crippen molar-refractivity contribution in [2.24, 2.45) is 17.5 Å². The molecule has 1 heterocycles. The molecule has 0 bridgehead atoms. The number of ketones is 1. The molecule has 2 atom stereocenters. The molecule has 9 nitrogen and oxygen atoms in total. The number of hydrazine groups is 1. The van der Waals surface area contributed by atoms with Crippen molar-refractivity contribution in [3.8, 4) is 0 Å². The van der Waals surface area contributed by atoms with Crippen LogP contribution in [-0.2, 0) is 27.5 Å². The number of imidazole rings is 1.